The van der Waals surface area contributed by atoms with E-state index in [1.807, 2.05) is 11.7 Å². The van der Waals surface area contributed by atoms with Gasteiger partial charge in [0.25, 0.3) is 0 Å². The van der Waals surface area contributed by atoms with E-state index >= 15 is 0 Å². The first-order valence-electron chi connectivity index (χ1n) is 7.44. The van der Waals surface area contributed by atoms with Crippen molar-refractivity contribution in [3.8, 4) is 10.6 Å². The predicted molar refractivity (Wildman–Crippen MR) is 90.8 cm³/mol. The van der Waals surface area contributed by atoms with Gasteiger partial charge in [0, 0.05) is 37.2 Å². The standard InChI is InChI=1S/C17H20N4S/c1-3-16-14(10-21(2)20-16)8-15-11-22-17(19-15)13-6-4-12(9-18)5-7-13/h4-7,10-11H,3,8-9,18H2,1-2H3. The highest BCUT2D eigenvalue weighted by molar-refractivity contribution is 7.13. The van der Waals surface area contributed by atoms with Crippen LogP contribution in [0.15, 0.2) is 35.8 Å². The highest BCUT2D eigenvalue weighted by Crippen LogP contribution is 2.25. The predicted octanol–water partition coefficient (Wildman–Crippen LogP) is 3.16. The van der Waals surface area contributed by atoms with Crippen LogP contribution in [0, 0.1) is 0 Å². The molecule has 0 atom stereocenters. The third kappa shape index (κ3) is 3.10. The van der Waals surface area contributed by atoms with Gasteiger partial charge in [0.05, 0.1) is 11.4 Å². The number of nitrogens with zero attached hydrogens (tertiary/aromatic N) is 3. The fraction of sp³-hybridized carbons (Fsp3) is 0.294. The molecule has 3 rings (SSSR count). The number of aromatic nitrogens is 3. The molecular formula is C17H20N4S. The lowest BCUT2D eigenvalue weighted by atomic mass is 10.1. The summed E-state index contributed by atoms with van der Waals surface area (Å²) in [7, 11) is 1.97. The largest absolute Gasteiger partial charge is 0.326 e. The summed E-state index contributed by atoms with van der Waals surface area (Å²) in [6.07, 6.45) is 3.88. The minimum Gasteiger partial charge on any atom is -0.326 e. The van der Waals surface area contributed by atoms with Crippen molar-refractivity contribution in [2.75, 3.05) is 0 Å². The smallest absolute Gasteiger partial charge is 0.123 e. The fourth-order valence-corrected chi connectivity index (χ4v) is 3.35. The molecule has 4 nitrogen and oxygen atoms in total. The van der Waals surface area contributed by atoms with Crippen LogP contribution in [0.2, 0.25) is 0 Å². The Bertz CT molecular complexity index is 755. The van der Waals surface area contributed by atoms with Crippen LogP contribution in [-0.2, 0) is 26.4 Å². The van der Waals surface area contributed by atoms with Crippen LogP contribution in [0.1, 0.15) is 29.4 Å². The molecule has 3 aromatic rings. The Balaban J connectivity index is 1.80. The van der Waals surface area contributed by atoms with Crippen LogP contribution in [0.4, 0.5) is 0 Å². The third-order valence-corrected chi connectivity index (χ3v) is 4.63. The lowest BCUT2D eigenvalue weighted by Gasteiger charge is -1.99. The minimum absolute atomic E-state index is 0.574. The van der Waals surface area contributed by atoms with Gasteiger partial charge in [-0.05, 0) is 17.5 Å². The van der Waals surface area contributed by atoms with Gasteiger partial charge in [-0.25, -0.2) is 4.98 Å². The Kier molecular flexibility index (Phi) is 4.36. The summed E-state index contributed by atoms with van der Waals surface area (Å²) in [6.45, 7) is 2.71. The monoisotopic (exact) mass is 312 g/mol. The molecular weight excluding hydrogens is 292 g/mol. The number of hydrogen-bond donors (Lipinski definition) is 1. The average Bonchev–Trinajstić information content (AvgIpc) is 3.14. The summed E-state index contributed by atoms with van der Waals surface area (Å²) in [6, 6.07) is 8.30. The molecule has 1 aromatic carbocycles. The van der Waals surface area contributed by atoms with Crippen molar-refractivity contribution in [2.24, 2.45) is 12.8 Å². The molecule has 0 bridgehead atoms. The summed E-state index contributed by atoms with van der Waals surface area (Å²) in [5, 5.41) is 7.68. The van der Waals surface area contributed by atoms with Gasteiger partial charge in [0.2, 0.25) is 0 Å². The van der Waals surface area contributed by atoms with E-state index in [0.29, 0.717) is 6.54 Å². The Morgan fingerprint density at radius 3 is 2.68 bits per heavy atom. The zero-order valence-electron chi connectivity index (χ0n) is 12.9. The highest BCUT2D eigenvalue weighted by Gasteiger charge is 2.10. The maximum Gasteiger partial charge on any atom is 0.123 e. The van der Waals surface area contributed by atoms with Crippen LogP contribution >= 0.6 is 11.3 Å². The number of rotatable bonds is 5. The summed E-state index contributed by atoms with van der Waals surface area (Å²) in [5.74, 6) is 0. The van der Waals surface area contributed by atoms with Crippen LogP contribution < -0.4 is 5.73 Å². The lowest BCUT2D eigenvalue weighted by molar-refractivity contribution is 0.746. The van der Waals surface area contributed by atoms with E-state index < -0.39 is 0 Å². The van der Waals surface area contributed by atoms with E-state index in [4.69, 9.17) is 10.7 Å². The van der Waals surface area contributed by atoms with Crippen molar-refractivity contribution in [3.63, 3.8) is 0 Å². The molecule has 0 aliphatic rings. The van der Waals surface area contributed by atoms with Gasteiger partial charge < -0.3 is 5.73 Å². The second kappa shape index (κ2) is 6.42. The molecule has 2 heterocycles. The van der Waals surface area contributed by atoms with Crippen LogP contribution in [0.25, 0.3) is 10.6 Å². The third-order valence-electron chi connectivity index (χ3n) is 3.69. The molecule has 2 aromatic heterocycles. The molecule has 2 N–H and O–H groups in total. The van der Waals surface area contributed by atoms with Gasteiger partial charge in [-0.3, -0.25) is 4.68 Å². The summed E-state index contributed by atoms with van der Waals surface area (Å²) < 4.78 is 1.88. The Hall–Kier alpha value is -1.98. The molecule has 0 amide bonds. The van der Waals surface area contributed by atoms with Crippen LogP contribution in [0.3, 0.4) is 0 Å². The summed E-state index contributed by atoms with van der Waals surface area (Å²) in [4.78, 5) is 4.77. The number of thiazole rings is 1. The van der Waals surface area contributed by atoms with Gasteiger partial charge >= 0.3 is 0 Å². The van der Waals surface area contributed by atoms with Crippen molar-refractivity contribution in [1.29, 1.82) is 0 Å². The molecule has 0 radical (unpaired) electrons. The summed E-state index contributed by atoms with van der Waals surface area (Å²) in [5.41, 5.74) is 11.5. The number of benzene rings is 1. The molecule has 0 saturated heterocycles. The summed E-state index contributed by atoms with van der Waals surface area (Å²) >= 11 is 1.69. The van der Waals surface area contributed by atoms with Crippen molar-refractivity contribution < 1.29 is 0 Å². The van der Waals surface area contributed by atoms with Crippen molar-refractivity contribution in [1.82, 2.24) is 14.8 Å². The Morgan fingerprint density at radius 2 is 2.00 bits per heavy atom. The molecule has 5 heteroatoms. The molecule has 114 valence electrons. The quantitative estimate of drug-likeness (QED) is 0.787. The zero-order valence-corrected chi connectivity index (χ0v) is 13.7. The first-order chi connectivity index (χ1) is 10.7. The molecule has 0 unspecified atom stereocenters. The number of nitrogens with two attached hydrogens (primary N) is 1. The van der Waals surface area contributed by atoms with Crippen LogP contribution in [0.5, 0.6) is 0 Å². The second-order valence-corrected chi connectivity index (χ2v) is 6.21. The maximum absolute atomic E-state index is 5.64. The molecule has 0 fully saturated rings. The maximum atomic E-state index is 5.64. The van der Waals surface area contributed by atoms with Crippen LogP contribution in [-0.4, -0.2) is 14.8 Å². The van der Waals surface area contributed by atoms with Gasteiger partial charge in [0.1, 0.15) is 5.01 Å². The van der Waals surface area contributed by atoms with Crippen molar-refractivity contribution in [2.45, 2.75) is 26.3 Å². The van der Waals surface area contributed by atoms with E-state index in [9.17, 15) is 0 Å². The molecule has 0 aliphatic heterocycles. The second-order valence-electron chi connectivity index (χ2n) is 5.35. The molecule has 0 saturated carbocycles. The van der Waals surface area contributed by atoms with Crippen molar-refractivity contribution in [3.05, 3.63) is 58.4 Å². The van der Waals surface area contributed by atoms with E-state index in [1.165, 1.54) is 5.56 Å². The van der Waals surface area contributed by atoms with Crippen molar-refractivity contribution >= 4 is 11.3 Å². The van der Waals surface area contributed by atoms with E-state index in [1.54, 1.807) is 11.3 Å². The first-order valence-corrected chi connectivity index (χ1v) is 8.32. The van der Waals surface area contributed by atoms with E-state index in [-0.39, 0.29) is 0 Å². The number of hydrogen-bond acceptors (Lipinski definition) is 4. The average molecular weight is 312 g/mol. The number of aryl methyl sites for hydroxylation is 2. The minimum atomic E-state index is 0.574. The SMILES string of the molecule is CCc1nn(C)cc1Cc1csc(-c2ccc(CN)cc2)n1. The van der Waals surface area contributed by atoms with E-state index in [0.717, 1.165) is 40.4 Å². The Labute approximate surface area is 134 Å². The van der Waals surface area contributed by atoms with E-state index in [2.05, 4.69) is 47.9 Å². The fourth-order valence-electron chi connectivity index (χ4n) is 2.53. The highest BCUT2D eigenvalue weighted by atomic mass is 32.1. The topological polar surface area (TPSA) is 56.7 Å². The Morgan fingerprint density at radius 1 is 1.23 bits per heavy atom. The zero-order chi connectivity index (χ0) is 15.5. The van der Waals surface area contributed by atoms with Gasteiger partial charge in [-0.1, -0.05) is 31.2 Å². The normalized spacial score (nSPS) is 11.0. The molecule has 0 aliphatic carbocycles. The first kappa shape index (κ1) is 14.9. The van der Waals surface area contributed by atoms with Gasteiger partial charge in [-0.15, -0.1) is 11.3 Å². The van der Waals surface area contributed by atoms with Gasteiger partial charge in [-0.2, -0.15) is 5.10 Å². The van der Waals surface area contributed by atoms with Gasteiger partial charge in [0.15, 0.2) is 0 Å². The lowest BCUT2D eigenvalue weighted by Crippen LogP contribution is -1.95. The molecule has 22 heavy (non-hydrogen) atoms. The molecule has 0 spiro atoms.